The summed E-state index contributed by atoms with van der Waals surface area (Å²) in [5, 5.41) is 10.4. The number of hydrogen-bond donors (Lipinski definition) is 1. The molecule has 0 amide bonds. The summed E-state index contributed by atoms with van der Waals surface area (Å²) in [6.07, 6.45) is -4.82. The van der Waals surface area contributed by atoms with Gasteiger partial charge in [-0.1, -0.05) is 0 Å². The standard InChI is InChI=1S/C16H22O11/c1-7(17)23-6-12-13(24-8(2)18)14(25-9(3)19)16(12,27-11(5)21)15(22)26-10(4)20/h12-15,22H,6H2,1-5H3. The Morgan fingerprint density at radius 3 is 1.81 bits per heavy atom. The molecule has 0 bridgehead atoms. The van der Waals surface area contributed by atoms with E-state index in [0.717, 1.165) is 34.6 Å². The Bertz CT molecular complexity index is 628. The first-order valence-electron chi connectivity index (χ1n) is 7.94. The zero-order chi connectivity index (χ0) is 20.9. The molecule has 1 aliphatic rings. The van der Waals surface area contributed by atoms with E-state index in [-0.39, 0.29) is 0 Å². The van der Waals surface area contributed by atoms with Crippen LogP contribution in [0.2, 0.25) is 0 Å². The van der Waals surface area contributed by atoms with Crippen LogP contribution in [-0.4, -0.2) is 65.7 Å². The molecule has 27 heavy (non-hydrogen) atoms. The minimum atomic E-state index is -2.14. The highest BCUT2D eigenvalue weighted by atomic mass is 16.7. The summed E-state index contributed by atoms with van der Waals surface area (Å²) in [5.74, 6) is -5.30. The molecule has 1 fully saturated rings. The van der Waals surface area contributed by atoms with Crippen molar-refractivity contribution in [2.24, 2.45) is 5.92 Å². The first kappa shape index (κ1) is 22.4. The second-order valence-electron chi connectivity index (χ2n) is 5.92. The molecule has 1 N–H and O–H groups in total. The van der Waals surface area contributed by atoms with Gasteiger partial charge in [0.25, 0.3) is 0 Å². The molecule has 152 valence electrons. The normalized spacial score (nSPS) is 27.4. The second kappa shape index (κ2) is 8.80. The zero-order valence-electron chi connectivity index (χ0n) is 15.5. The minimum absolute atomic E-state index is 0.476. The van der Waals surface area contributed by atoms with Crippen molar-refractivity contribution in [2.75, 3.05) is 6.61 Å². The minimum Gasteiger partial charge on any atom is -0.465 e. The van der Waals surface area contributed by atoms with Crippen LogP contribution >= 0.6 is 0 Å². The van der Waals surface area contributed by atoms with Crippen molar-refractivity contribution in [2.45, 2.75) is 58.7 Å². The van der Waals surface area contributed by atoms with E-state index in [2.05, 4.69) is 0 Å². The first-order chi connectivity index (χ1) is 12.4. The summed E-state index contributed by atoms with van der Waals surface area (Å²) in [7, 11) is 0. The third kappa shape index (κ3) is 5.16. The number of aliphatic hydroxyl groups excluding tert-OH is 1. The van der Waals surface area contributed by atoms with Crippen molar-refractivity contribution < 1.29 is 52.8 Å². The summed E-state index contributed by atoms with van der Waals surface area (Å²) < 4.78 is 25.0. The van der Waals surface area contributed by atoms with Gasteiger partial charge < -0.3 is 28.8 Å². The Morgan fingerprint density at radius 1 is 0.852 bits per heavy atom. The van der Waals surface area contributed by atoms with E-state index in [1.165, 1.54) is 0 Å². The fourth-order valence-corrected chi connectivity index (χ4v) is 2.93. The van der Waals surface area contributed by atoms with E-state index in [1.807, 2.05) is 0 Å². The quantitative estimate of drug-likeness (QED) is 0.331. The molecule has 1 saturated carbocycles. The molecule has 0 aromatic rings. The summed E-state index contributed by atoms with van der Waals surface area (Å²) in [5.41, 5.74) is -2.14. The van der Waals surface area contributed by atoms with Crippen LogP contribution in [-0.2, 0) is 47.7 Å². The molecule has 11 heteroatoms. The van der Waals surface area contributed by atoms with E-state index in [9.17, 15) is 29.1 Å². The maximum absolute atomic E-state index is 11.7. The first-order valence-corrected chi connectivity index (χ1v) is 7.94. The van der Waals surface area contributed by atoms with Gasteiger partial charge in [0.05, 0.1) is 5.92 Å². The molecular formula is C16H22O11. The van der Waals surface area contributed by atoms with Gasteiger partial charge in [-0.15, -0.1) is 0 Å². The van der Waals surface area contributed by atoms with E-state index >= 15 is 0 Å². The highest BCUT2D eigenvalue weighted by molar-refractivity contribution is 5.70. The zero-order valence-corrected chi connectivity index (χ0v) is 15.5. The number of aliphatic hydroxyl groups is 1. The van der Waals surface area contributed by atoms with E-state index in [4.69, 9.17) is 23.7 Å². The maximum atomic E-state index is 11.7. The van der Waals surface area contributed by atoms with Gasteiger partial charge in [-0.2, -0.15) is 0 Å². The fraction of sp³-hybridized carbons (Fsp3) is 0.688. The van der Waals surface area contributed by atoms with Gasteiger partial charge >= 0.3 is 29.8 Å². The Balaban J connectivity index is 3.41. The Morgan fingerprint density at radius 2 is 1.41 bits per heavy atom. The van der Waals surface area contributed by atoms with Gasteiger partial charge in [-0.3, -0.25) is 24.0 Å². The number of esters is 5. The molecule has 11 nitrogen and oxygen atoms in total. The molecule has 0 aromatic heterocycles. The van der Waals surface area contributed by atoms with Crippen LogP contribution in [0.1, 0.15) is 34.6 Å². The van der Waals surface area contributed by atoms with Crippen molar-refractivity contribution in [1.82, 2.24) is 0 Å². The molecule has 1 rings (SSSR count). The highest BCUT2D eigenvalue weighted by Crippen LogP contribution is 2.49. The smallest absolute Gasteiger partial charge is 0.305 e. The van der Waals surface area contributed by atoms with E-state index in [0.29, 0.717) is 0 Å². The predicted molar refractivity (Wildman–Crippen MR) is 83.5 cm³/mol. The summed E-state index contributed by atoms with van der Waals surface area (Å²) in [6.45, 7) is 4.77. The third-order valence-corrected chi connectivity index (χ3v) is 3.76. The number of carbonyl (C=O) groups excluding carboxylic acids is 5. The molecule has 0 aliphatic heterocycles. The van der Waals surface area contributed by atoms with Crippen LogP contribution < -0.4 is 0 Å². The number of hydrogen-bond acceptors (Lipinski definition) is 11. The average Bonchev–Trinajstić information content (AvgIpc) is 2.48. The van der Waals surface area contributed by atoms with Crippen LogP contribution in [0.15, 0.2) is 0 Å². The fourth-order valence-electron chi connectivity index (χ4n) is 2.93. The molecule has 5 unspecified atom stereocenters. The predicted octanol–water partition coefficient (Wildman–Crippen LogP) is -0.774. The number of ether oxygens (including phenoxy) is 5. The van der Waals surface area contributed by atoms with Crippen molar-refractivity contribution in [1.29, 1.82) is 0 Å². The second-order valence-corrected chi connectivity index (χ2v) is 5.92. The molecule has 0 saturated heterocycles. The van der Waals surface area contributed by atoms with E-state index < -0.39 is 66.5 Å². The van der Waals surface area contributed by atoms with Gasteiger partial charge in [0.1, 0.15) is 6.61 Å². The molecule has 0 spiro atoms. The lowest BCUT2D eigenvalue weighted by Crippen LogP contribution is -2.79. The van der Waals surface area contributed by atoms with Gasteiger partial charge in [-0.25, -0.2) is 0 Å². The largest absolute Gasteiger partial charge is 0.465 e. The summed E-state index contributed by atoms with van der Waals surface area (Å²) in [6, 6.07) is 0. The van der Waals surface area contributed by atoms with Crippen LogP contribution in [0, 0.1) is 5.92 Å². The van der Waals surface area contributed by atoms with Crippen molar-refractivity contribution in [3.05, 3.63) is 0 Å². The van der Waals surface area contributed by atoms with Crippen LogP contribution in [0.25, 0.3) is 0 Å². The topological polar surface area (TPSA) is 152 Å². The molecular weight excluding hydrogens is 368 g/mol. The number of carbonyl (C=O) groups is 5. The molecule has 5 atom stereocenters. The molecule has 0 heterocycles. The van der Waals surface area contributed by atoms with Crippen LogP contribution in [0.4, 0.5) is 0 Å². The molecule has 0 radical (unpaired) electrons. The third-order valence-electron chi connectivity index (χ3n) is 3.76. The average molecular weight is 390 g/mol. The number of rotatable bonds is 7. The van der Waals surface area contributed by atoms with E-state index in [1.54, 1.807) is 0 Å². The van der Waals surface area contributed by atoms with Crippen molar-refractivity contribution in [3.8, 4) is 0 Å². The van der Waals surface area contributed by atoms with Gasteiger partial charge in [0.15, 0.2) is 12.2 Å². The SMILES string of the molecule is CC(=O)OCC1C(OC(C)=O)C(OC(C)=O)C1(OC(C)=O)C(O)OC(C)=O. The lowest BCUT2D eigenvalue weighted by atomic mass is 9.63. The molecule has 1 aliphatic carbocycles. The molecule has 0 aromatic carbocycles. The van der Waals surface area contributed by atoms with Crippen molar-refractivity contribution >= 4 is 29.8 Å². The highest BCUT2D eigenvalue weighted by Gasteiger charge is 2.74. The van der Waals surface area contributed by atoms with Gasteiger partial charge in [0.2, 0.25) is 11.9 Å². The summed E-state index contributed by atoms with van der Waals surface area (Å²) in [4.78, 5) is 57.0. The maximum Gasteiger partial charge on any atom is 0.305 e. The van der Waals surface area contributed by atoms with Crippen molar-refractivity contribution in [3.63, 3.8) is 0 Å². The van der Waals surface area contributed by atoms with Crippen LogP contribution in [0.3, 0.4) is 0 Å². The van der Waals surface area contributed by atoms with Crippen LogP contribution in [0.5, 0.6) is 0 Å². The lowest BCUT2D eigenvalue weighted by Gasteiger charge is -2.57. The summed E-state index contributed by atoms with van der Waals surface area (Å²) >= 11 is 0. The lowest BCUT2D eigenvalue weighted by molar-refractivity contribution is -0.345. The Labute approximate surface area is 154 Å². The Hall–Kier alpha value is -2.69. The van der Waals surface area contributed by atoms with Gasteiger partial charge in [-0.05, 0) is 0 Å². The van der Waals surface area contributed by atoms with Gasteiger partial charge in [0, 0.05) is 34.6 Å². The Kier molecular flexibility index (Phi) is 7.28. The monoisotopic (exact) mass is 390 g/mol.